The normalized spacial score (nSPS) is 20.4. The van der Waals surface area contributed by atoms with Crippen molar-refractivity contribution < 1.29 is 5.11 Å². The average molecular weight is 275 g/mol. The lowest BCUT2D eigenvalue weighted by Crippen LogP contribution is -2.33. The molecular formula is C14H21N5O. The molecule has 108 valence electrons. The van der Waals surface area contributed by atoms with E-state index in [1.807, 2.05) is 24.0 Å². The van der Waals surface area contributed by atoms with Crippen molar-refractivity contribution in [2.24, 2.45) is 7.05 Å². The van der Waals surface area contributed by atoms with Crippen LogP contribution in [0, 0.1) is 0 Å². The highest BCUT2D eigenvalue weighted by molar-refractivity contribution is 5.14. The lowest BCUT2D eigenvalue weighted by atomic mass is 9.94. The molecule has 1 fully saturated rings. The number of nitrogens with zero attached hydrogens (tertiary/aromatic N) is 4. The first-order chi connectivity index (χ1) is 9.74. The quantitative estimate of drug-likeness (QED) is 0.874. The number of H-pyrrole nitrogens is 1. The molecule has 3 rings (SSSR count). The summed E-state index contributed by atoms with van der Waals surface area (Å²) >= 11 is 0. The zero-order valence-electron chi connectivity index (χ0n) is 11.8. The van der Waals surface area contributed by atoms with Gasteiger partial charge in [-0.15, -0.1) is 0 Å². The van der Waals surface area contributed by atoms with Gasteiger partial charge in [0.1, 0.15) is 0 Å². The average Bonchev–Trinajstić information content (AvgIpc) is 3.08. The lowest BCUT2D eigenvalue weighted by Gasteiger charge is -2.31. The van der Waals surface area contributed by atoms with Crippen LogP contribution in [-0.2, 0) is 20.2 Å². The summed E-state index contributed by atoms with van der Waals surface area (Å²) in [6.07, 6.45) is 6.36. The summed E-state index contributed by atoms with van der Waals surface area (Å²) in [5.41, 5.74) is 3.13. The van der Waals surface area contributed by atoms with E-state index in [4.69, 9.17) is 5.11 Å². The Bertz CT molecular complexity index is 561. The van der Waals surface area contributed by atoms with Crippen LogP contribution in [-0.4, -0.2) is 43.1 Å². The first kappa shape index (κ1) is 13.3. The maximum absolute atomic E-state index is 9.11. The van der Waals surface area contributed by atoms with Gasteiger partial charge in [0.25, 0.3) is 0 Å². The van der Waals surface area contributed by atoms with Gasteiger partial charge in [0.05, 0.1) is 24.2 Å². The largest absolute Gasteiger partial charge is 0.390 e. The van der Waals surface area contributed by atoms with Crippen molar-refractivity contribution in [3.05, 3.63) is 35.4 Å². The monoisotopic (exact) mass is 275 g/mol. The molecule has 0 spiro atoms. The first-order valence-corrected chi connectivity index (χ1v) is 7.09. The van der Waals surface area contributed by atoms with Gasteiger partial charge in [0, 0.05) is 37.8 Å². The summed E-state index contributed by atoms with van der Waals surface area (Å²) in [6.45, 7) is 3.12. The number of nitrogens with one attached hydrogen (secondary N) is 1. The summed E-state index contributed by atoms with van der Waals surface area (Å²) in [4.78, 5) is 2.46. The van der Waals surface area contributed by atoms with Crippen LogP contribution in [0.1, 0.15) is 35.7 Å². The molecule has 0 aliphatic carbocycles. The number of aromatic amines is 1. The van der Waals surface area contributed by atoms with Crippen LogP contribution in [0.2, 0.25) is 0 Å². The van der Waals surface area contributed by atoms with E-state index >= 15 is 0 Å². The fraction of sp³-hybridized carbons (Fsp3) is 0.571. The zero-order chi connectivity index (χ0) is 13.9. The maximum atomic E-state index is 9.11. The summed E-state index contributed by atoms with van der Waals surface area (Å²) in [6, 6.07) is 1.98. The van der Waals surface area contributed by atoms with E-state index < -0.39 is 0 Å². The second-order valence-electron chi connectivity index (χ2n) is 5.57. The van der Waals surface area contributed by atoms with Crippen LogP contribution in [0.15, 0.2) is 18.5 Å². The van der Waals surface area contributed by atoms with Crippen LogP contribution >= 0.6 is 0 Å². The van der Waals surface area contributed by atoms with Gasteiger partial charge in [-0.05, 0) is 25.5 Å². The van der Waals surface area contributed by atoms with Gasteiger partial charge in [-0.2, -0.15) is 10.2 Å². The Hall–Kier alpha value is -1.66. The number of aliphatic hydroxyl groups excluding tert-OH is 1. The number of aromatic nitrogens is 4. The van der Waals surface area contributed by atoms with Crippen LogP contribution in [0.3, 0.4) is 0 Å². The molecular weight excluding hydrogens is 254 g/mol. The van der Waals surface area contributed by atoms with E-state index in [-0.39, 0.29) is 6.61 Å². The smallest absolute Gasteiger partial charge is 0.0847 e. The van der Waals surface area contributed by atoms with Gasteiger partial charge < -0.3 is 5.11 Å². The molecule has 0 bridgehead atoms. The number of piperidine rings is 1. The van der Waals surface area contributed by atoms with Gasteiger partial charge in [0.2, 0.25) is 0 Å². The topological polar surface area (TPSA) is 70.0 Å². The van der Waals surface area contributed by atoms with E-state index in [1.165, 1.54) is 18.4 Å². The van der Waals surface area contributed by atoms with Crippen molar-refractivity contribution in [3.63, 3.8) is 0 Å². The summed E-state index contributed by atoms with van der Waals surface area (Å²) in [5.74, 6) is 0.456. The molecule has 1 aliphatic rings. The molecule has 2 aromatic heterocycles. The highest BCUT2D eigenvalue weighted by Crippen LogP contribution is 2.26. The highest BCUT2D eigenvalue weighted by atomic mass is 16.3. The Morgan fingerprint density at radius 1 is 1.50 bits per heavy atom. The Kier molecular flexibility index (Phi) is 3.84. The third-order valence-corrected chi connectivity index (χ3v) is 3.91. The first-order valence-electron chi connectivity index (χ1n) is 7.09. The Labute approximate surface area is 118 Å². The molecule has 0 aromatic carbocycles. The van der Waals surface area contributed by atoms with E-state index in [9.17, 15) is 0 Å². The van der Waals surface area contributed by atoms with Crippen LogP contribution in [0.25, 0.3) is 0 Å². The molecule has 6 heteroatoms. The van der Waals surface area contributed by atoms with Gasteiger partial charge in [-0.3, -0.25) is 14.7 Å². The van der Waals surface area contributed by atoms with Crippen LogP contribution < -0.4 is 0 Å². The van der Waals surface area contributed by atoms with Crippen LogP contribution in [0.5, 0.6) is 0 Å². The van der Waals surface area contributed by atoms with Gasteiger partial charge >= 0.3 is 0 Å². The molecule has 2 N–H and O–H groups in total. The summed E-state index contributed by atoms with van der Waals surface area (Å²) in [7, 11) is 1.95. The Morgan fingerprint density at radius 3 is 3.10 bits per heavy atom. The highest BCUT2D eigenvalue weighted by Gasteiger charge is 2.23. The minimum Gasteiger partial charge on any atom is -0.390 e. The third-order valence-electron chi connectivity index (χ3n) is 3.91. The number of hydrogen-bond donors (Lipinski definition) is 2. The Balaban J connectivity index is 1.64. The fourth-order valence-corrected chi connectivity index (χ4v) is 2.92. The molecule has 1 aliphatic heterocycles. The molecule has 0 radical (unpaired) electrons. The van der Waals surface area contributed by atoms with E-state index in [1.54, 1.807) is 0 Å². The van der Waals surface area contributed by atoms with Crippen molar-refractivity contribution in [1.29, 1.82) is 0 Å². The number of rotatable bonds is 4. The SMILES string of the molecule is Cn1cc(CN2CCC[C@H](c3cc(CO)[nH]n3)C2)cn1. The number of aliphatic hydroxyl groups is 1. The minimum atomic E-state index is 0.0269. The van der Waals surface area contributed by atoms with E-state index in [0.29, 0.717) is 5.92 Å². The standard InChI is InChI=1S/C14H21N5O/c1-18-7-11(6-15-18)8-19-4-2-3-12(9-19)14-5-13(10-20)16-17-14/h5-7,12,20H,2-4,8-10H2,1H3,(H,16,17)/t12-/m0/s1. The van der Waals surface area contributed by atoms with Gasteiger partial charge in [-0.25, -0.2) is 0 Å². The number of hydrogen-bond acceptors (Lipinski definition) is 4. The predicted molar refractivity (Wildman–Crippen MR) is 75.0 cm³/mol. The molecule has 1 saturated heterocycles. The predicted octanol–water partition coefficient (Wildman–Crippen LogP) is 1.02. The van der Waals surface area contributed by atoms with E-state index in [2.05, 4.69) is 26.4 Å². The van der Waals surface area contributed by atoms with Crippen molar-refractivity contribution in [2.45, 2.75) is 31.9 Å². The fourth-order valence-electron chi connectivity index (χ4n) is 2.92. The summed E-state index contributed by atoms with van der Waals surface area (Å²) in [5, 5.41) is 20.5. The minimum absolute atomic E-state index is 0.0269. The molecule has 6 nitrogen and oxygen atoms in total. The third kappa shape index (κ3) is 2.91. The van der Waals surface area contributed by atoms with Crippen molar-refractivity contribution in [3.8, 4) is 0 Å². The van der Waals surface area contributed by atoms with Gasteiger partial charge in [-0.1, -0.05) is 0 Å². The molecule has 2 aromatic rings. The molecule has 0 amide bonds. The van der Waals surface area contributed by atoms with Crippen molar-refractivity contribution in [1.82, 2.24) is 24.9 Å². The maximum Gasteiger partial charge on any atom is 0.0847 e. The molecule has 0 unspecified atom stereocenters. The molecule has 3 heterocycles. The molecule has 1 atom stereocenters. The van der Waals surface area contributed by atoms with E-state index in [0.717, 1.165) is 31.0 Å². The summed E-state index contributed by atoms with van der Waals surface area (Å²) < 4.78 is 1.85. The van der Waals surface area contributed by atoms with Crippen LogP contribution in [0.4, 0.5) is 0 Å². The second-order valence-corrected chi connectivity index (χ2v) is 5.57. The molecule has 20 heavy (non-hydrogen) atoms. The zero-order valence-corrected chi connectivity index (χ0v) is 11.8. The Morgan fingerprint density at radius 2 is 2.40 bits per heavy atom. The number of likely N-dealkylation sites (tertiary alicyclic amines) is 1. The van der Waals surface area contributed by atoms with Crippen molar-refractivity contribution >= 4 is 0 Å². The van der Waals surface area contributed by atoms with Gasteiger partial charge in [0.15, 0.2) is 0 Å². The molecule has 0 saturated carbocycles. The number of aryl methyl sites for hydroxylation is 1. The van der Waals surface area contributed by atoms with Crippen molar-refractivity contribution in [2.75, 3.05) is 13.1 Å². The second kappa shape index (κ2) is 5.76. The lowest BCUT2D eigenvalue weighted by molar-refractivity contribution is 0.198.